The van der Waals surface area contributed by atoms with Gasteiger partial charge in [0, 0.05) is 37.4 Å². The van der Waals surface area contributed by atoms with Crippen LogP contribution in [0.3, 0.4) is 0 Å². The van der Waals surface area contributed by atoms with Gasteiger partial charge in [-0.3, -0.25) is 9.59 Å². The largest absolute Gasteiger partial charge is 0.496 e. The van der Waals surface area contributed by atoms with E-state index in [9.17, 15) is 14.0 Å². The van der Waals surface area contributed by atoms with Crippen LogP contribution >= 0.6 is 0 Å². The molecule has 5 rings (SSSR count). The van der Waals surface area contributed by atoms with E-state index in [1.165, 1.54) is 12.1 Å². The first-order chi connectivity index (χ1) is 17.1. The fourth-order valence-electron chi connectivity index (χ4n) is 5.03. The number of hydrogen-bond donors (Lipinski definition) is 0. The third-order valence-corrected chi connectivity index (χ3v) is 6.86. The van der Waals surface area contributed by atoms with Crippen LogP contribution in [0.15, 0.2) is 48.5 Å². The lowest BCUT2D eigenvalue weighted by Gasteiger charge is -2.23. The molecule has 8 heteroatoms. The predicted molar refractivity (Wildman–Crippen MR) is 130 cm³/mol. The molecule has 0 bridgehead atoms. The number of rotatable bonds is 4. The molecule has 2 amide bonds. The van der Waals surface area contributed by atoms with E-state index < -0.39 is 0 Å². The molecule has 1 aliphatic heterocycles. The Morgan fingerprint density at radius 1 is 0.857 bits per heavy atom. The van der Waals surface area contributed by atoms with Crippen LogP contribution in [0.2, 0.25) is 0 Å². The number of hydrogen-bond acceptors (Lipinski definition) is 4. The van der Waals surface area contributed by atoms with Crippen LogP contribution in [0.25, 0.3) is 5.69 Å². The summed E-state index contributed by atoms with van der Waals surface area (Å²) < 4.78 is 20.6. The summed E-state index contributed by atoms with van der Waals surface area (Å²) in [6.45, 7) is 2.02. The summed E-state index contributed by atoms with van der Waals surface area (Å²) >= 11 is 0. The molecule has 0 saturated carbocycles. The zero-order valence-electron chi connectivity index (χ0n) is 19.9. The fourth-order valence-corrected chi connectivity index (χ4v) is 5.03. The van der Waals surface area contributed by atoms with Gasteiger partial charge in [0.15, 0.2) is 5.69 Å². The molecular weight excluding hydrogens is 447 g/mol. The molecule has 3 aromatic rings. The summed E-state index contributed by atoms with van der Waals surface area (Å²) in [7, 11) is 1.56. The van der Waals surface area contributed by atoms with Crippen molar-refractivity contribution in [2.24, 2.45) is 0 Å². The minimum Gasteiger partial charge on any atom is -0.496 e. The number of fused-ring (bicyclic) bond motifs is 1. The molecule has 35 heavy (non-hydrogen) atoms. The standard InChI is InChI=1S/C27H29FN4O3/c1-35-24-10-5-3-8-22(24)26(33)30-15-6-16-31(18-17-30)27(34)25-21-7-2-4-9-23(21)32(29-25)20-13-11-19(28)12-14-20/h3,5,8,10-14H,2,4,6-7,9,15-18H2,1H3. The Morgan fingerprint density at radius 3 is 2.29 bits per heavy atom. The molecule has 0 atom stereocenters. The van der Waals surface area contributed by atoms with E-state index in [2.05, 4.69) is 0 Å². The van der Waals surface area contributed by atoms with Crippen molar-refractivity contribution in [2.75, 3.05) is 33.3 Å². The van der Waals surface area contributed by atoms with Crippen molar-refractivity contribution in [1.82, 2.24) is 19.6 Å². The van der Waals surface area contributed by atoms with E-state index in [1.807, 2.05) is 17.0 Å². The summed E-state index contributed by atoms with van der Waals surface area (Å²) in [4.78, 5) is 30.4. The number of halogens is 1. The van der Waals surface area contributed by atoms with Gasteiger partial charge in [-0.15, -0.1) is 0 Å². The molecule has 1 aliphatic carbocycles. The van der Waals surface area contributed by atoms with Gasteiger partial charge in [-0.05, 0) is 68.5 Å². The summed E-state index contributed by atoms with van der Waals surface area (Å²) in [5.74, 6) is 0.0563. The fraction of sp³-hybridized carbons (Fsp3) is 0.370. The number of aromatic nitrogens is 2. The lowest BCUT2D eigenvalue weighted by atomic mass is 9.95. The van der Waals surface area contributed by atoms with Crippen LogP contribution in [0.4, 0.5) is 4.39 Å². The first-order valence-corrected chi connectivity index (χ1v) is 12.1. The molecule has 7 nitrogen and oxygen atoms in total. The molecule has 2 aliphatic rings. The number of methoxy groups -OCH3 is 1. The minimum absolute atomic E-state index is 0.0882. The van der Waals surface area contributed by atoms with Crippen molar-refractivity contribution in [2.45, 2.75) is 32.1 Å². The van der Waals surface area contributed by atoms with Crippen LogP contribution in [0.5, 0.6) is 5.75 Å². The number of carbonyl (C=O) groups is 2. The van der Waals surface area contributed by atoms with Crippen molar-refractivity contribution in [1.29, 1.82) is 0 Å². The van der Waals surface area contributed by atoms with E-state index in [1.54, 1.807) is 41.0 Å². The molecule has 2 heterocycles. The second kappa shape index (κ2) is 9.90. The summed E-state index contributed by atoms with van der Waals surface area (Å²) in [5.41, 5.74) is 3.80. The van der Waals surface area contributed by atoms with Gasteiger partial charge in [0.05, 0.1) is 18.4 Å². The van der Waals surface area contributed by atoms with Crippen LogP contribution in [-0.2, 0) is 12.8 Å². The van der Waals surface area contributed by atoms with Gasteiger partial charge in [-0.25, -0.2) is 9.07 Å². The molecular formula is C27H29FN4O3. The van der Waals surface area contributed by atoms with Gasteiger partial charge in [-0.2, -0.15) is 5.10 Å². The molecule has 1 fully saturated rings. The molecule has 0 radical (unpaired) electrons. The third kappa shape index (κ3) is 4.52. The Morgan fingerprint density at radius 2 is 1.54 bits per heavy atom. The molecule has 2 aromatic carbocycles. The van der Waals surface area contributed by atoms with Crippen LogP contribution < -0.4 is 4.74 Å². The van der Waals surface area contributed by atoms with Crippen LogP contribution in [-0.4, -0.2) is 64.7 Å². The number of amides is 2. The highest BCUT2D eigenvalue weighted by Crippen LogP contribution is 2.28. The van der Waals surface area contributed by atoms with Crippen LogP contribution in [0, 0.1) is 5.82 Å². The maximum atomic E-state index is 13.6. The highest BCUT2D eigenvalue weighted by atomic mass is 19.1. The second-order valence-electron chi connectivity index (χ2n) is 9.01. The highest BCUT2D eigenvalue weighted by molar-refractivity contribution is 5.97. The van der Waals surface area contributed by atoms with E-state index in [4.69, 9.17) is 9.84 Å². The minimum atomic E-state index is -0.303. The Hall–Kier alpha value is -3.68. The first-order valence-electron chi connectivity index (χ1n) is 12.1. The number of carbonyl (C=O) groups excluding carboxylic acids is 2. The van der Waals surface area contributed by atoms with Gasteiger partial charge >= 0.3 is 0 Å². The quantitative estimate of drug-likeness (QED) is 0.573. The molecule has 0 spiro atoms. The zero-order chi connectivity index (χ0) is 24.4. The van der Waals surface area contributed by atoms with E-state index >= 15 is 0 Å². The van der Waals surface area contributed by atoms with Gasteiger partial charge in [0.1, 0.15) is 11.6 Å². The SMILES string of the molecule is COc1ccccc1C(=O)N1CCCN(C(=O)c2nn(-c3ccc(F)cc3)c3c2CCCC3)CC1. The topological polar surface area (TPSA) is 67.7 Å². The maximum Gasteiger partial charge on any atom is 0.274 e. The molecule has 1 saturated heterocycles. The normalized spacial score (nSPS) is 15.9. The van der Waals surface area contributed by atoms with Gasteiger partial charge < -0.3 is 14.5 Å². The maximum absolute atomic E-state index is 13.6. The molecule has 0 N–H and O–H groups in total. The van der Waals surface area contributed by atoms with Crippen molar-refractivity contribution >= 4 is 11.8 Å². The Bertz CT molecular complexity index is 1240. The molecule has 1 aromatic heterocycles. The Labute approximate surface area is 204 Å². The van der Waals surface area contributed by atoms with Crippen molar-refractivity contribution in [3.63, 3.8) is 0 Å². The third-order valence-electron chi connectivity index (χ3n) is 6.86. The van der Waals surface area contributed by atoms with E-state index in [0.717, 1.165) is 42.6 Å². The average molecular weight is 477 g/mol. The smallest absolute Gasteiger partial charge is 0.274 e. The number of para-hydroxylation sites is 1. The lowest BCUT2D eigenvalue weighted by Crippen LogP contribution is -2.38. The number of nitrogens with zero attached hydrogens (tertiary/aromatic N) is 4. The second-order valence-corrected chi connectivity index (χ2v) is 9.01. The number of ether oxygens (including phenoxy) is 1. The van der Waals surface area contributed by atoms with Crippen molar-refractivity contribution in [3.8, 4) is 11.4 Å². The average Bonchev–Trinajstić information content (AvgIpc) is 3.10. The van der Waals surface area contributed by atoms with E-state index in [-0.39, 0.29) is 17.6 Å². The molecule has 182 valence electrons. The van der Waals surface area contributed by atoms with Gasteiger partial charge in [-0.1, -0.05) is 12.1 Å². The Kier molecular flexibility index (Phi) is 6.53. The first kappa shape index (κ1) is 23.1. The Balaban J connectivity index is 1.36. The van der Waals surface area contributed by atoms with Gasteiger partial charge in [0.2, 0.25) is 0 Å². The monoisotopic (exact) mass is 476 g/mol. The highest BCUT2D eigenvalue weighted by Gasteiger charge is 2.30. The van der Waals surface area contributed by atoms with Crippen molar-refractivity contribution < 1.29 is 18.7 Å². The predicted octanol–water partition coefficient (Wildman–Crippen LogP) is 3.89. The lowest BCUT2D eigenvalue weighted by molar-refractivity contribution is 0.0713. The van der Waals surface area contributed by atoms with Crippen LogP contribution in [0.1, 0.15) is 51.4 Å². The molecule has 0 unspecified atom stereocenters. The summed E-state index contributed by atoms with van der Waals surface area (Å²) in [5, 5.41) is 4.73. The van der Waals surface area contributed by atoms with Gasteiger partial charge in [0.25, 0.3) is 11.8 Å². The van der Waals surface area contributed by atoms with Crippen molar-refractivity contribution in [3.05, 3.63) is 76.9 Å². The zero-order valence-corrected chi connectivity index (χ0v) is 19.9. The number of benzene rings is 2. The summed E-state index contributed by atoms with van der Waals surface area (Å²) in [6.07, 6.45) is 4.40. The van der Waals surface area contributed by atoms with E-state index in [0.29, 0.717) is 49.6 Å². The summed E-state index contributed by atoms with van der Waals surface area (Å²) in [6, 6.07) is 13.4.